The number of hydrogen-bond acceptors (Lipinski definition) is 6. The summed E-state index contributed by atoms with van der Waals surface area (Å²) in [6.45, 7) is 4.38. The molecule has 0 aliphatic heterocycles. The van der Waals surface area contributed by atoms with Gasteiger partial charge in [-0.15, -0.1) is 11.3 Å². The summed E-state index contributed by atoms with van der Waals surface area (Å²) in [5, 5.41) is 5.19. The second-order valence-electron chi connectivity index (χ2n) is 7.31. The van der Waals surface area contributed by atoms with Crippen LogP contribution in [0.5, 0.6) is 0 Å². The minimum atomic E-state index is -0.0858. The minimum absolute atomic E-state index is 0.0858. The second-order valence-corrected chi connectivity index (χ2v) is 8.71. The van der Waals surface area contributed by atoms with Gasteiger partial charge in [0.2, 0.25) is 5.82 Å². The van der Waals surface area contributed by atoms with Gasteiger partial charge in [-0.2, -0.15) is 4.98 Å². The first-order chi connectivity index (χ1) is 15.0. The highest BCUT2D eigenvalue weighted by Gasteiger charge is 2.21. The fraction of sp³-hybridized carbons (Fsp3) is 0.130. The molecule has 0 saturated heterocycles. The van der Waals surface area contributed by atoms with Gasteiger partial charge < -0.3 is 4.52 Å². The maximum atomic E-state index is 13.2. The molecule has 8 heteroatoms. The molecule has 5 aromatic rings. The smallest absolute Gasteiger partial charge is 0.268 e. The molecular formula is C23H17ClN4O2S. The van der Waals surface area contributed by atoms with Crippen LogP contribution < -0.4 is 5.56 Å². The molecule has 0 aliphatic rings. The van der Waals surface area contributed by atoms with E-state index in [0.29, 0.717) is 39.1 Å². The molecule has 2 aromatic carbocycles. The van der Waals surface area contributed by atoms with Crippen LogP contribution in [0.2, 0.25) is 5.02 Å². The molecule has 3 heterocycles. The quantitative estimate of drug-likeness (QED) is 0.363. The Bertz CT molecular complexity index is 1480. The Labute approximate surface area is 186 Å². The number of aryl methyl sites for hydroxylation is 2. The van der Waals surface area contributed by atoms with E-state index in [0.717, 1.165) is 21.6 Å². The summed E-state index contributed by atoms with van der Waals surface area (Å²) >= 11 is 7.62. The third-order valence-electron chi connectivity index (χ3n) is 5.09. The molecule has 0 radical (unpaired) electrons. The summed E-state index contributed by atoms with van der Waals surface area (Å²) in [6.07, 6.45) is 1.59. The van der Waals surface area contributed by atoms with E-state index in [9.17, 15) is 4.79 Å². The lowest BCUT2D eigenvalue weighted by Crippen LogP contribution is -2.21. The van der Waals surface area contributed by atoms with Gasteiger partial charge in [0.05, 0.1) is 28.2 Å². The average Bonchev–Trinajstić information content (AvgIpc) is 3.36. The monoisotopic (exact) mass is 448 g/mol. The average molecular weight is 449 g/mol. The van der Waals surface area contributed by atoms with Gasteiger partial charge in [-0.1, -0.05) is 58.7 Å². The molecule has 0 spiro atoms. The molecule has 0 N–H and O–H groups in total. The first kappa shape index (κ1) is 19.7. The number of rotatable bonds is 4. The van der Waals surface area contributed by atoms with Crippen molar-refractivity contribution in [1.82, 2.24) is 19.7 Å². The van der Waals surface area contributed by atoms with Gasteiger partial charge in [0.15, 0.2) is 0 Å². The van der Waals surface area contributed by atoms with E-state index in [4.69, 9.17) is 16.1 Å². The fourth-order valence-electron chi connectivity index (χ4n) is 3.55. The molecule has 3 aromatic heterocycles. The Hall–Kier alpha value is -3.29. The lowest BCUT2D eigenvalue weighted by Gasteiger charge is -2.06. The van der Waals surface area contributed by atoms with Gasteiger partial charge in [0.25, 0.3) is 11.4 Å². The maximum Gasteiger partial charge on any atom is 0.268 e. The molecule has 154 valence electrons. The number of thiophene rings is 1. The predicted octanol–water partition coefficient (Wildman–Crippen LogP) is 5.49. The van der Waals surface area contributed by atoms with Crippen molar-refractivity contribution in [2.45, 2.75) is 20.4 Å². The number of aromatic nitrogens is 4. The fourth-order valence-corrected chi connectivity index (χ4v) is 4.83. The van der Waals surface area contributed by atoms with Crippen LogP contribution in [0.4, 0.5) is 0 Å². The summed E-state index contributed by atoms with van der Waals surface area (Å²) in [5.74, 6) is 0.752. The first-order valence-corrected chi connectivity index (χ1v) is 10.8. The number of fused-ring (bicyclic) bond motifs is 1. The molecule has 0 fully saturated rings. The third kappa shape index (κ3) is 3.56. The molecule has 0 atom stereocenters. The molecule has 6 nitrogen and oxygen atoms in total. The zero-order valence-corrected chi connectivity index (χ0v) is 18.4. The van der Waals surface area contributed by atoms with E-state index < -0.39 is 0 Å². The van der Waals surface area contributed by atoms with E-state index in [2.05, 4.69) is 21.2 Å². The van der Waals surface area contributed by atoms with Gasteiger partial charge >= 0.3 is 0 Å². The summed E-state index contributed by atoms with van der Waals surface area (Å²) in [6, 6.07) is 15.4. The summed E-state index contributed by atoms with van der Waals surface area (Å²) in [5.41, 5.74) is 3.59. The molecule has 0 amide bonds. The summed E-state index contributed by atoms with van der Waals surface area (Å²) in [7, 11) is 0. The zero-order chi connectivity index (χ0) is 21.5. The Morgan fingerprint density at radius 3 is 2.77 bits per heavy atom. The van der Waals surface area contributed by atoms with E-state index in [1.807, 2.05) is 50.2 Å². The largest absolute Gasteiger partial charge is 0.333 e. The van der Waals surface area contributed by atoms with Crippen molar-refractivity contribution in [1.29, 1.82) is 0 Å². The van der Waals surface area contributed by atoms with Crippen molar-refractivity contribution in [3.05, 3.63) is 86.9 Å². The normalized spacial score (nSPS) is 11.3. The van der Waals surface area contributed by atoms with Crippen molar-refractivity contribution in [2.75, 3.05) is 0 Å². The van der Waals surface area contributed by atoms with Crippen molar-refractivity contribution >= 4 is 33.2 Å². The van der Waals surface area contributed by atoms with E-state index in [1.54, 1.807) is 17.0 Å². The second kappa shape index (κ2) is 7.76. The van der Waals surface area contributed by atoms with Crippen molar-refractivity contribution in [2.24, 2.45) is 0 Å². The molecule has 5 rings (SSSR count). The minimum Gasteiger partial charge on any atom is -0.333 e. The lowest BCUT2D eigenvalue weighted by atomic mass is 10.1. The van der Waals surface area contributed by atoms with Crippen molar-refractivity contribution < 1.29 is 4.52 Å². The Morgan fingerprint density at radius 2 is 1.97 bits per heavy atom. The number of halogens is 1. The topological polar surface area (TPSA) is 73.8 Å². The van der Waals surface area contributed by atoms with Crippen LogP contribution in [0.1, 0.15) is 16.7 Å². The zero-order valence-electron chi connectivity index (χ0n) is 16.8. The van der Waals surface area contributed by atoms with Crippen LogP contribution >= 0.6 is 22.9 Å². The SMILES string of the molecule is Cc1cccc(Cn2cnc3sc(-c4nc(-c5ccccc5Cl)no4)c(C)c3c2=O)c1. The third-order valence-corrected chi connectivity index (χ3v) is 6.61. The highest BCUT2D eigenvalue weighted by atomic mass is 35.5. The Kier molecular flexibility index (Phi) is 4.92. The Balaban J connectivity index is 1.56. The maximum absolute atomic E-state index is 13.2. The van der Waals surface area contributed by atoms with Crippen LogP contribution in [0.3, 0.4) is 0 Å². The van der Waals surface area contributed by atoms with Crippen LogP contribution in [0, 0.1) is 13.8 Å². The van der Waals surface area contributed by atoms with Gasteiger partial charge in [0.1, 0.15) is 4.83 Å². The van der Waals surface area contributed by atoms with Crippen LogP contribution in [0.15, 0.2) is 64.2 Å². The molecule has 0 saturated carbocycles. The first-order valence-electron chi connectivity index (χ1n) is 9.64. The van der Waals surface area contributed by atoms with Crippen LogP contribution in [-0.2, 0) is 6.54 Å². The summed E-state index contributed by atoms with van der Waals surface area (Å²) in [4.78, 5) is 23.6. The van der Waals surface area contributed by atoms with Crippen LogP contribution in [-0.4, -0.2) is 19.7 Å². The van der Waals surface area contributed by atoms with Gasteiger partial charge in [-0.25, -0.2) is 4.98 Å². The van der Waals surface area contributed by atoms with Crippen LogP contribution in [0.25, 0.3) is 32.4 Å². The molecule has 0 unspecified atom stereocenters. The highest BCUT2D eigenvalue weighted by molar-refractivity contribution is 7.22. The Morgan fingerprint density at radius 1 is 1.13 bits per heavy atom. The predicted molar refractivity (Wildman–Crippen MR) is 123 cm³/mol. The van der Waals surface area contributed by atoms with E-state index >= 15 is 0 Å². The number of benzene rings is 2. The van der Waals surface area contributed by atoms with Gasteiger partial charge in [0, 0.05) is 5.56 Å². The van der Waals surface area contributed by atoms with Crippen molar-refractivity contribution in [3.8, 4) is 22.2 Å². The molecular weight excluding hydrogens is 432 g/mol. The van der Waals surface area contributed by atoms with Gasteiger partial charge in [-0.05, 0) is 37.1 Å². The van der Waals surface area contributed by atoms with E-state index in [1.165, 1.54) is 11.3 Å². The molecule has 0 aliphatic carbocycles. The van der Waals surface area contributed by atoms with Crippen molar-refractivity contribution in [3.63, 3.8) is 0 Å². The summed E-state index contributed by atoms with van der Waals surface area (Å²) < 4.78 is 7.13. The number of nitrogens with zero attached hydrogens (tertiary/aromatic N) is 4. The molecule has 0 bridgehead atoms. The molecule has 31 heavy (non-hydrogen) atoms. The van der Waals surface area contributed by atoms with Gasteiger partial charge in [-0.3, -0.25) is 9.36 Å². The van der Waals surface area contributed by atoms with E-state index in [-0.39, 0.29) is 5.56 Å². The lowest BCUT2D eigenvalue weighted by molar-refractivity contribution is 0.433. The number of hydrogen-bond donors (Lipinski definition) is 0. The standard InChI is InChI=1S/C23H17ClN4O2S/c1-13-6-5-7-15(10-13)11-28-12-25-22-18(23(28)29)14(2)19(31-22)21-26-20(27-30-21)16-8-3-4-9-17(16)24/h3-10,12H,11H2,1-2H3. The highest BCUT2D eigenvalue weighted by Crippen LogP contribution is 2.36.